The van der Waals surface area contributed by atoms with Crippen LogP contribution in [0, 0.1) is 0 Å². The van der Waals surface area contributed by atoms with Crippen molar-refractivity contribution in [2.45, 2.75) is 32.2 Å². The van der Waals surface area contributed by atoms with Crippen LogP contribution >= 0.6 is 11.3 Å². The van der Waals surface area contributed by atoms with Gasteiger partial charge < -0.3 is 4.90 Å². The summed E-state index contributed by atoms with van der Waals surface area (Å²) in [5.41, 5.74) is 2.32. The van der Waals surface area contributed by atoms with Crippen molar-refractivity contribution in [2.24, 2.45) is 0 Å². The Hall–Kier alpha value is -1.99. The van der Waals surface area contributed by atoms with Crippen LogP contribution in [0.1, 0.15) is 31.5 Å². The lowest BCUT2D eigenvalue weighted by molar-refractivity contribution is 0.268. The van der Waals surface area contributed by atoms with Crippen molar-refractivity contribution in [2.75, 3.05) is 32.1 Å². The van der Waals surface area contributed by atoms with Crippen molar-refractivity contribution < 1.29 is 0 Å². The Balaban J connectivity index is 1.57. The number of rotatable bonds is 4. The Morgan fingerprint density at radius 1 is 1.00 bits per heavy atom. The van der Waals surface area contributed by atoms with E-state index in [2.05, 4.69) is 44.3 Å². The molecule has 132 valence electrons. The van der Waals surface area contributed by atoms with Gasteiger partial charge in [-0.05, 0) is 50.2 Å². The molecule has 0 atom stereocenters. The van der Waals surface area contributed by atoms with Crippen LogP contribution in [-0.4, -0.2) is 51.9 Å². The van der Waals surface area contributed by atoms with Gasteiger partial charge in [0.1, 0.15) is 5.01 Å². The fraction of sp³-hybridized carbons (Fsp3) is 0.500. The van der Waals surface area contributed by atoms with Gasteiger partial charge in [-0.25, -0.2) is 0 Å². The Morgan fingerprint density at radius 3 is 2.40 bits per heavy atom. The van der Waals surface area contributed by atoms with Crippen LogP contribution in [-0.2, 0) is 6.54 Å². The predicted molar refractivity (Wildman–Crippen MR) is 102 cm³/mol. The fourth-order valence-electron chi connectivity index (χ4n) is 3.27. The highest BCUT2D eigenvalue weighted by Gasteiger charge is 2.17. The second kappa shape index (κ2) is 7.09. The van der Waals surface area contributed by atoms with E-state index in [-0.39, 0.29) is 0 Å². The van der Waals surface area contributed by atoms with Crippen LogP contribution in [0.5, 0.6) is 0 Å². The minimum atomic E-state index is 0.837. The number of nitrogens with zero attached hydrogens (tertiary/aromatic N) is 6. The summed E-state index contributed by atoms with van der Waals surface area (Å²) in [6.07, 6.45) is 5.25. The van der Waals surface area contributed by atoms with Crippen molar-refractivity contribution >= 4 is 22.0 Å². The minimum Gasteiger partial charge on any atom is -0.378 e. The van der Waals surface area contributed by atoms with E-state index >= 15 is 0 Å². The smallest absolute Gasteiger partial charge is 0.235 e. The molecule has 6 nitrogen and oxygen atoms in total. The standard InChI is InChI=1S/C18H24N6S/c1-22(2)15-9-7-14(8-10-15)17-21-24-16(19-20-18(24)25-17)13-23-11-5-3-4-6-12-23/h7-10H,3-6,11-13H2,1-2H3. The summed E-state index contributed by atoms with van der Waals surface area (Å²) < 4.78 is 1.92. The van der Waals surface area contributed by atoms with Gasteiger partial charge in [-0.3, -0.25) is 4.90 Å². The highest BCUT2D eigenvalue weighted by Crippen LogP contribution is 2.27. The van der Waals surface area contributed by atoms with Gasteiger partial charge >= 0.3 is 0 Å². The Morgan fingerprint density at radius 2 is 1.72 bits per heavy atom. The van der Waals surface area contributed by atoms with Crippen LogP contribution in [0.15, 0.2) is 24.3 Å². The SMILES string of the molecule is CN(C)c1ccc(-c2nn3c(CN4CCCCCC4)nnc3s2)cc1. The number of anilines is 1. The third-order valence-electron chi connectivity index (χ3n) is 4.75. The lowest BCUT2D eigenvalue weighted by Crippen LogP contribution is -2.25. The van der Waals surface area contributed by atoms with E-state index in [4.69, 9.17) is 5.10 Å². The van der Waals surface area contributed by atoms with Crippen molar-refractivity contribution in [1.29, 1.82) is 0 Å². The van der Waals surface area contributed by atoms with Gasteiger partial charge in [-0.1, -0.05) is 24.2 Å². The quantitative estimate of drug-likeness (QED) is 0.718. The molecule has 0 radical (unpaired) electrons. The molecule has 1 aromatic carbocycles. The molecule has 0 amide bonds. The molecule has 2 aromatic heterocycles. The van der Waals surface area contributed by atoms with E-state index in [1.54, 1.807) is 11.3 Å². The van der Waals surface area contributed by atoms with E-state index in [9.17, 15) is 0 Å². The molecule has 1 aliphatic rings. The molecule has 4 rings (SSSR count). The third kappa shape index (κ3) is 3.52. The molecule has 0 N–H and O–H groups in total. The summed E-state index contributed by atoms with van der Waals surface area (Å²) in [6, 6.07) is 8.48. The van der Waals surface area contributed by atoms with E-state index in [1.807, 2.05) is 18.6 Å². The second-order valence-electron chi connectivity index (χ2n) is 6.85. The lowest BCUT2D eigenvalue weighted by Gasteiger charge is -2.17. The van der Waals surface area contributed by atoms with Crippen molar-refractivity contribution in [3.8, 4) is 10.6 Å². The van der Waals surface area contributed by atoms with Gasteiger partial charge in [0.25, 0.3) is 0 Å². The zero-order valence-corrected chi connectivity index (χ0v) is 15.7. The first-order valence-electron chi connectivity index (χ1n) is 8.92. The summed E-state index contributed by atoms with van der Waals surface area (Å²) >= 11 is 1.60. The first-order valence-corrected chi connectivity index (χ1v) is 9.73. The molecule has 1 saturated heterocycles. The Bertz CT molecular complexity index is 827. The summed E-state index contributed by atoms with van der Waals surface area (Å²) in [7, 11) is 4.10. The second-order valence-corrected chi connectivity index (χ2v) is 7.81. The first kappa shape index (κ1) is 16.5. The zero-order valence-electron chi connectivity index (χ0n) is 14.9. The van der Waals surface area contributed by atoms with Gasteiger partial charge in [0, 0.05) is 25.3 Å². The van der Waals surface area contributed by atoms with Crippen LogP contribution < -0.4 is 4.90 Å². The Kier molecular flexibility index (Phi) is 4.67. The summed E-state index contributed by atoms with van der Waals surface area (Å²) in [5, 5.41) is 14.5. The molecule has 0 saturated carbocycles. The van der Waals surface area contributed by atoms with Gasteiger partial charge in [0.05, 0.1) is 6.54 Å². The number of aromatic nitrogens is 4. The molecule has 0 unspecified atom stereocenters. The summed E-state index contributed by atoms with van der Waals surface area (Å²) in [6.45, 7) is 3.14. The molecular formula is C18H24N6S. The van der Waals surface area contributed by atoms with Crippen LogP contribution in [0.2, 0.25) is 0 Å². The number of likely N-dealkylation sites (tertiary alicyclic amines) is 1. The van der Waals surface area contributed by atoms with Crippen LogP contribution in [0.25, 0.3) is 15.5 Å². The highest BCUT2D eigenvalue weighted by molar-refractivity contribution is 7.19. The highest BCUT2D eigenvalue weighted by atomic mass is 32.1. The maximum Gasteiger partial charge on any atom is 0.235 e. The lowest BCUT2D eigenvalue weighted by atomic mass is 10.2. The first-order chi connectivity index (χ1) is 12.2. The van der Waals surface area contributed by atoms with Gasteiger partial charge in [0.2, 0.25) is 4.96 Å². The topological polar surface area (TPSA) is 49.6 Å². The van der Waals surface area contributed by atoms with Crippen LogP contribution in [0.4, 0.5) is 5.69 Å². The monoisotopic (exact) mass is 356 g/mol. The molecule has 1 fully saturated rings. The molecule has 0 aliphatic carbocycles. The van der Waals surface area contributed by atoms with Gasteiger partial charge in [-0.15, -0.1) is 10.2 Å². The Labute approximate surface area is 152 Å². The molecular weight excluding hydrogens is 332 g/mol. The van der Waals surface area contributed by atoms with E-state index in [0.29, 0.717) is 0 Å². The number of fused-ring (bicyclic) bond motifs is 1. The van der Waals surface area contributed by atoms with Crippen molar-refractivity contribution in [1.82, 2.24) is 24.7 Å². The molecule has 0 spiro atoms. The van der Waals surface area contributed by atoms with E-state index in [0.717, 1.165) is 41.0 Å². The minimum absolute atomic E-state index is 0.837. The fourth-order valence-corrected chi connectivity index (χ4v) is 4.13. The van der Waals surface area contributed by atoms with Crippen LogP contribution in [0.3, 0.4) is 0 Å². The van der Waals surface area contributed by atoms with Gasteiger partial charge in [-0.2, -0.15) is 9.61 Å². The predicted octanol–water partition coefficient (Wildman–Crippen LogP) is 3.29. The maximum atomic E-state index is 4.78. The molecule has 3 aromatic rings. The molecule has 1 aliphatic heterocycles. The molecule has 3 heterocycles. The number of hydrogen-bond acceptors (Lipinski definition) is 6. The van der Waals surface area contributed by atoms with Crippen molar-refractivity contribution in [3.63, 3.8) is 0 Å². The average molecular weight is 356 g/mol. The zero-order chi connectivity index (χ0) is 17.2. The molecule has 7 heteroatoms. The third-order valence-corrected chi connectivity index (χ3v) is 5.70. The normalized spacial score (nSPS) is 16.2. The maximum absolute atomic E-state index is 4.78. The number of hydrogen-bond donors (Lipinski definition) is 0. The van der Waals surface area contributed by atoms with E-state index < -0.39 is 0 Å². The molecule has 0 bridgehead atoms. The average Bonchev–Trinajstić information content (AvgIpc) is 3.09. The van der Waals surface area contributed by atoms with Gasteiger partial charge in [0.15, 0.2) is 5.82 Å². The van der Waals surface area contributed by atoms with Crippen molar-refractivity contribution in [3.05, 3.63) is 30.1 Å². The number of benzene rings is 1. The van der Waals surface area contributed by atoms with E-state index in [1.165, 1.54) is 31.4 Å². The summed E-state index contributed by atoms with van der Waals surface area (Å²) in [4.78, 5) is 5.45. The molecule has 25 heavy (non-hydrogen) atoms. The summed E-state index contributed by atoms with van der Waals surface area (Å²) in [5.74, 6) is 0.948. The largest absolute Gasteiger partial charge is 0.378 e.